The smallest absolute Gasteiger partial charge is 0.115 e. The third-order valence-electron chi connectivity index (χ3n) is 5.56. The van der Waals surface area contributed by atoms with Gasteiger partial charge in [-0.3, -0.25) is 4.90 Å². The van der Waals surface area contributed by atoms with Crippen LogP contribution in [0.4, 0.5) is 4.39 Å². The zero-order valence-electron chi connectivity index (χ0n) is 16.1. The molecule has 0 aromatic heterocycles. The van der Waals surface area contributed by atoms with E-state index in [1.54, 1.807) is 11.8 Å². The topological polar surface area (TPSA) is 26.7 Å². The second-order valence-electron chi connectivity index (χ2n) is 7.38. The van der Waals surface area contributed by atoms with Gasteiger partial charge in [-0.05, 0) is 46.9 Å². The lowest BCUT2D eigenvalue weighted by Gasteiger charge is -2.34. The zero-order chi connectivity index (χ0) is 19.3. The lowest BCUT2D eigenvalue weighted by molar-refractivity contribution is 0.114. The highest BCUT2D eigenvalue weighted by Crippen LogP contribution is 2.45. The lowest BCUT2D eigenvalue weighted by Crippen LogP contribution is -2.47. The summed E-state index contributed by atoms with van der Waals surface area (Å²) in [5.74, 6) is 0. The van der Waals surface area contributed by atoms with E-state index in [2.05, 4.69) is 46.2 Å². The van der Waals surface area contributed by atoms with Gasteiger partial charge in [0.15, 0.2) is 0 Å². The average Bonchev–Trinajstić information content (AvgIpc) is 2.74. The number of nitrogens with zero attached hydrogens (tertiary/aromatic N) is 2. The van der Waals surface area contributed by atoms with E-state index in [4.69, 9.17) is 5.11 Å². The molecule has 0 saturated carbocycles. The monoisotopic (exact) mass is 398 g/mol. The van der Waals surface area contributed by atoms with E-state index in [1.807, 2.05) is 12.1 Å². The number of aliphatic hydroxyl groups is 1. The summed E-state index contributed by atoms with van der Waals surface area (Å²) in [6.07, 6.45) is 3.31. The van der Waals surface area contributed by atoms with E-state index in [0.29, 0.717) is 0 Å². The number of benzene rings is 2. The molecule has 0 radical (unpaired) electrons. The second-order valence-corrected chi connectivity index (χ2v) is 8.46. The van der Waals surface area contributed by atoms with Gasteiger partial charge in [-0.2, -0.15) is 0 Å². The molecule has 2 aliphatic heterocycles. The van der Waals surface area contributed by atoms with Crippen LogP contribution in [0.15, 0.2) is 58.3 Å². The summed E-state index contributed by atoms with van der Waals surface area (Å²) in [6, 6.07) is 14.5. The molecular weight excluding hydrogens is 371 g/mol. The van der Waals surface area contributed by atoms with Gasteiger partial charge in [0.05, 0.1) is 6.61 Å². The molecule has 0 amide bonds. The van der Waals surface area contributed by atoms with Crippen LogP contribution in [0.3, 0.4) is 0 Å². The predicted molar refractivity (Wildman–Crippen MR) is 113 cm³/mol. The second kappa shape index (κ2) is 9.23. The third-order valence-corrected chi connectivity index (χ3v) is 6.71. The van der Waals surface area contributed by atoms with Crippen LogP contribution in [0.25, 0.3) is 5.57 Å². The number of alkyl halides is 1. The first-order valence-electron chi connectivity index (χ1n) is 10.0. The SMILES string of the molecule is OCCN1CCN(CC/C=C2/c3ccccc3Sc3ccc(CF)cc32)CC1. The van der Waals surface area contributed by atoms with E-state index < -0.39 is 6.67 Å². The Bertz CT molecular complexity index is 846. The van der Waals surface area contributed by atoms with Gasteiger partial charge in [-0.25, -0.2) is 4.39 Å². The molecule has 0 spiro atoms. The van der Waals surface area contributed by atoms with E-state index in [1.165, 1.54) is 20.9 Å². The van der Waals surface area contributed by atoms with E-state index in [9.17, 15) is 4.39 Å². The van der Waals surface area contributed by atoms with Gasteiger partial charge in [-0.1, -0.05) is 42.1 Å². The Labute approximate surface area is 170 Å². The number of piperazine rings is 1. The summed E-state index contributed by atoms with van der Waals surface area (Å²) in [7, 11) is 0. The highest BCUT2D eigenvalue weighted by molar-refractivity contribution is 7.99. The Morgan fingerprint density at radius 3 is 2.39 bits per heavy atom. The Kier molecular flexibility index (Phi) is 6.47. The minimum absolute atomic E-state index is 0.240. The molecule has 0 unspecified atom stereocenters. The molecule has 2 aromatic carbocycles. The van der Waals surface area contributed by atoms with Gasteiger partial charge >= 0.3 is 0 Å². The molecule has 0 aliphatic carbocycles. The molecule has 2 aliphatic rings. The summed E-state index contributed by atoms with van der Waals surface area (Å²) in [5, 5.41) is 9.08. The van der Waals surface area contributed by atoms with E-state index in [0.717, 1.165) is 56.8 Å². The summed E-state index contributed by atoms with van der Waals surface area (Å²) in [4.78, 5) is 7.29. The van der Waals surface area contributed by atoms with Crippen molar-refractivity contribution in [3.63, 3.8) is 0 Å². The molecule has 28 heavy (non-hydrogen) atoms. The van der Waals surface area contributed by atoms with Gasteiger partial charge < -0.3 is 10.0 Å². The minimum atomic E-state index is -0.426. The van der Waals surface area contributed by atoms with Gasteiger partial charge in [0.25, 0.3) is 0 Å². The molecule has 1 fully saturated rings. The number of halogens is 1. The number of hydrogen-bond donors (Lipinski definition) is 1. The summed E-state index contributed by atoms with van der Waals surface area (Å²) < 4.78 is 13.2. The van der Waals surface area contributed by atoms with Crippen molar-refractivity contribution in [2.45, 2.75) is 22.9 Å². The van der Waals surface area contributed by atoms with Crippen LogP contribution in [-0.4, -0.2) is 60.8 Å². The molecule has 0 bridgehead atoms. The van der Waals surface area contributed by atoms with Crippen LogP contribution < -0.4 is 0 Å². The molecule has 3 nitrogen and oxygen atoms in total. The Hall–Kier alpha value is -1.66. The van der Waals surface area contributed by atoms with E-state index in [-0.39, 0.29) is 6.61 Å². The predicted octanol–water partition coefficient (Wildman–Crippen LogP) is 4.05. The van der Waals surface area contributed by atoms with Crippen molar-refractivity contribution in [3.05, 3.63) is 65.2 Å². The maximum atomic E-state index is 13.2. The quantitative estimate of drug-likeness (QED) is 0.678. The molecule has 4 rings (SSSR count). The van der Waals surface area contributed by atoms with Crippen molar-refractivity contribution >= 4 is 17.3 Å². The molecule has 5 heteroatoms. The van der Waals surface area contributed by atoms with Crippen LogP contribution in [0.5, 0.6) is 0 Å². The average molecular weight is 399 g/mol. The molecule has 1 saturated heterocycles. The third kappa shape index (κ3) is 4.33. The zero-order valence-corrected chi connectivity index (χ0v) is 16.9. The fourth-order valence-corrected chi connectivity index (χ4v) is 5.08. The van der Waals surface area contributed by atoms with Crippen molar-refractivity contribution in [1.82, 2.24) is 9.80 Å². The van der Waals surface area contributed by atoms with Gasteiger partial charge in [0.1, 0.15) is 6.67 Å². The first kappa shape index (κ1) is 19.6. The fourth-order valence-electron chi connectivity index (χ4n) is 3.99. The molecular formula is C23H27FN2OS. The normalized spacial score (nSPS) is 18.9. The summed E-state index contributed by atoms with van der Waals surface area (Å²) >= 11 is 1.77. The van der Waals surface area contributed by atoms with Crippen LogP contribution >= 0.6 is 11.8 Å². The number of aliphatic hydroxyl groups excluding tert-OH is 1. The van der Waals surface area contributed by atoms with Crippen LogP contribution in [-0.2, 0) is 6.67 Å². The molecule has 148 valence electrons. The Balaban J connectivity index is 1.50. The molecule has 0 atom stereocenters. The largest absolute Gasteiger partial charge is 0.395 e. The molecule has 2 aromatic rings. The standard InChI is InChI=1S/C23H27FN2OS/c24-17-18-7-8-23-21(16-18)19(20-4-1-2-6-22(20)28-23)5-3-9-25-10-12-26(13-11-25)14-15-27/h1-2,4-8,16,27H,3,9-15,17H2/b19-5-. The number of hydrogen-bond acceptors (Lipinski definition) is 4. The van der Waals surface area contributed by atoms with E-state index >= 15 is 0 Å². The Morgan fingerprint density at radius 2 is 1.64 bits per heavy atom. The van der Waals surface area contributed by atoms with Crippen molar-refractivity contribution in [2.24, 2.45) is 0 Å². The fraction of sp³-hybridized carbons (Fsp3) is 0.391. The number of β-amino-alcohol motifs (C(OH)–C–C–N with tert-alkyl or cyclic N) is 1. The number of rotatable bonds is 6. The summed E-state index contributed by atoms with van der Waals surface area (Å²) in [5.41, 5.74) is 4.39. The van der Waals surface area contributed by atoms with Crippen LogP contribution in [0.1, 0.15) is 23.1 Å². The van der Waals surface area contributed by atoms with Crippen molar-refractivity contribution in [3.8, 4) is 0 Å². The summed E-state index contributed by atoms with van der Waals surface area (Å²) in [6.45, 7) is 5.79. The molecule has 2 heterocycles. The van der Waals surface area contributed by atoms with Crippen LogP contribution in [0.2, 0.25) is 0 Å². The molecule has 1 N–H and O–H groups in total. The number of fused-ring (bicyclic) bond motifs is 2. The highest BCUT2D eigenvalue weighted by Gasteiger charge is 2.21. The van der Waals surface area contributed by atoms with Crippen molar-refractivity contribution in [2.75, 3.05) is 45.9 Å². The lowest BCUT2D eigenvalue weighted by atomic mass is 9.94. The Morgan fingerprint density at radius 1 is 0.929 bits per heavy atom. The first-order valence-corrected chi connectivity index (χ1v) is 10.8. The van der Waals surface area contributed by atoms with Crippen molar-refractivity contribution in [1.29, 1.82) is 0 Å². The van der Waals surface area contributed by atoms with Crippen molar-refractivity contribution < 1.29 is 9.50 Å². The first-order chi connectivity index (χ1) is 13.8. The van der Waals surface area contributed by atoms with Gasteiger partial charge in [0, 0.05) is 49.1 Å². The maximum Gasteiger partial charge on any atom is 0.115 e. The maximum absolute atomic E-state index is 13.2. The van der Waals surface area contributed by atoms with Crippen LogP contribution in [0, 0.1) is 0 Å². The van der Waals surface area contributed by atoms with Gasteiger partial charge in [0.2, 0.25) is 0 Å². The minimum Gasteiger partial charge on any atom is -0.395 e. The van der Waals surface area contributed by atoms with Gasteiger partial charge in [-0.15, -0.1) is 0 Å². The highest BCUT2D eigenvalue weighted by atomic mass is 32.2.